The molecule has 2 rings (SSSR count). The summed E-state index contributed by atoms with van der Waals surface area (Å²) in [7, 11) is -3.18. The molecule has 1 aromatic rings. The summed E-state index contributed by atoms with van der Waals surface area (Å²) in [4.78, 5) is 22.3. The molecule has 0 saturated carbocycles. The normalized spacial score (nSPS) is 20.9. The van der Waals surface area contributed by atoms with Gasteiger partial charge in [0.15, 0.2) is 0 Å². The Morgan fingerprint density at radius 2 is 2.13 bits per heavy atom. The van der Waals surface area contributed by atoms with E-state index in [9.17, 15) is 13.2 Å². The topological polar surface area (TPSA) is 104 Å². The summed E-state index contributed by atoms with van der Waals surface area (Å²) < 4.78 is 24.9. The summed E-state index contributed by atoms with van der Waals surface area (Å²) >= 11 is 0. The van der Waals surface area contributed by atoms with E-state index in [4.69, 9.17) is 0 Å². The molecule has 1 amide bonds. The van der Waals surface area contributed by atoms with Crippen molar-refractivity contribution < 1.29 is 13.2 Å². The minimum Gasteiger partial charge on any atom is -0.293 e. The van der Waals surface area contributed by atoms with Gasteiger partial charge >= 0.3 is 0 Å². The van der Waals surface area contributed by atoms with Crippen LogP contribution in [0.2, 0.25) is 0 Å². The smallest absolute Gasteiger partial charge is 0.243 e. The SMILES string of the molecule is C[C@@H](C(=O)Nc1ncccn1)N1CCC[C@H](CNS(C)(=O)=O)C1. The Labute approximate surface area is 136 Å². The third-order valence-electron chi connectivity index (χ3n) is 3.91. The standard InChI is InChI=1S/C14H23N5O3S/c1-11(13(20)18-14-15-6-4-7-16-14)19-8-3-5-12(10-19)9-17-23(2,21)22/h4,6-7,11-12,17H,3,5,8-10H2,1-2H3,(H,15,16,18,20)/t11-,12+/m0/s1. The summed E-state index contributed by atoms with van der Waals surface area (Å²) in [6.07, 6.45) is 6.19. The minimum atomic E-state index is -3.18. The summed E-state index contributed by atoms with van der Waals surface area (Å²) in [5.41, 5.74) is 0. The maximum absolute atomic E-state index is 12.3. The lowest BCUT2D eigenvalue weighted by molar-refractivity contribution is -0.121. The molecule has 1 fully saturated rings. The van der Waals surface area contributed by atoms with Gasteiger partial charge in [0, 0.05) is 25.5 Å². The number of hydrogen-bond donors (Lipinski definition) is 2. The van der Waals surface area contributed by atoms with Crippen LogP contribution in [0.5, 0.6) is 0 Å². The van der Waals surface area contributed by atoms with Crippen LogP contribution >= 0.6 is 0 Å². The molecule has 1 saturated heterocycles. The molecule has 2 N–H and O–H groups in total. The molecule has 0 aliphatic carbocycles. The number of carbonyl (C=O) groups excluding carboxylic acids is 1. The van der Waals surface area contributed by atoms with Crippen molar-refractivity contribution in [1.82, 2.24) is 19.6 Å². The van der Waals surface area contributed by atoms with E-state index < -0.39 is 10.0 Å². The van der Waals surface area contributed by atoms with Crippen molar-refractivity contribution in [2.45, 2.75) is 25.8 Å². The number of amides is 1. The van der Waals surface area contributed by atoms with Crippen LogP contribution < -0.4 is 10.0 Å². The lowest BCUT2D eigenvalue weighted by Crippen LogP contribution is -2.49. The number of likely N-dealkylation sites (tertiary alicyclic amines) is 1. The van der Waals surface area contributed by atoms with Crippen molar-refractivity contribution in [3.63, 3.8) is 0 Å². The van der Waals surface area contributed by atoms with Crippen LogP contribution in [0.15, 0.2) is 18.5 Å². The van der Waals surface area contributed by atoms with E-state index in [1.807, 2.05) is 6.92 Å². The predicted molar refractivity (Wildman–Crippen MR) is 87.3 cm³/mol. The zero-order valence-electron chi connectivity index (χ0n) is 13.4. The van der Waals surface area contributed by atoms with Crippen LogP contribution in [-0.2, 0) is 14.8 Å². The highest BCUT2D eigenvalue weighted by Crippen LogP contribution is 2.18. The zero-order valence-corrected chi connectivity index (χ0v) is 14.2. The van der Waals surface area contributed by atoms with Gasteiger partial charge in [-0.2, -0.15) is 0 Å². The first kappa shape index (κ1) is 17.8. The molecule has 0 aromatic carbocycles. The molecule has 2 atom stereocenters. The molecule has 1 aliphatic rings. The third kappa shape index (κ3) is 5.85. The molecule has 0 unspecified atom stereocenters. The lowest BCUT2D eigenvalue weighted by atomic mass is 9.97. The third-order valence-corrected chi connectivity index (χ3v) is 4.60. The molecule has 0 spiro atoms. The molecular formula is C14H23N5O3S. The van der Waals surface area contributed by atoms with Gasteiger partial charge in [0.05, 0.1) is 12.3 Å². The van der Waals surface area contributed by atoms with E-state index >= 15 is 0 Å². The number of nitrogens with one attached hydrogen (secondary N) is 2. The second-order valence-corrected chi connectivity index (χ2v) is 7.69. The molecule has 0 radical (unpaired) electrons. The number of piperidine rings is 1. The van der Waals surface area contributed by atoms with Crippen LogP contribution in [0, 0.1) is 5.92 Å². The zero-order chi connectivity index (χ0) is 16.9. The molecule has 0 bridgehead atoms. The number of anilines is 1. The van der Waals surface area contributed by atoms with Crippen LogP contribution in [-0.4, -0.2) is 61.1 Å². The highest BCUT2D eigenvalue weighted by atomic mass is 32.2. The van der Waals surface area contributed by atoms with Gasteiger partial charge in [0.2, 0.25) is 21.9 Å². The monoisotopic (exact) mass is 341 g/mol. The molecular weight excluding hydrogens is 318 g/mol. The molecule has 1 aromatic heterocycles. The Morgan fingerprint density at radius 3 is 2.78 bits per heavy atom. The van der Waals surface area contributed by atoms with Gasteiger partial charge < -0.3 is 0 Å². The number of aromatic nitrogens is 2. The van der Waals surface area contributed by atoms with Crippen molar-refractivity contribution in [3.8, 4) is 0 Å². The fourth-order valence-corrected chi connectivity index (χ4v) is 3.17. The maximum atomic E-state index is 12.3. The van der Waals surface area contributed by atoms with Gasteiger partial charge in [-0.25, -0.2) is 23.1 Å². The van der Waals surface area contributed by atoms with E-state index in [1.54, 1.807) is 18.5 Å². The first-order valence-electron chi connectivity index (χ1n) is 7.62. The Bertz CT molecular complexity index is 623. The number of carbonyl (C=O) groups is 1. The fraction of sp³-hybridized carbons (Fsp3) is 0.643. The molecule has 2 heterocycles. The number of sulfonamides is 1. The fourth-order valence-electron chi connectivity index (χ4n) is 2.63. The predicted octanol–water partition coefficient (Wildman–Crippen LogP) is 0.0648. The Balaban J connectivity index is 1.88. The van der Waals surface area contributed by atoms with E-state index in [-0.39, 0.29) is 23.8 Å². The average Bonchev–Trinajstić information content (AvgIpc) is 2.53. The number of hydrogen-bond acceptors (Lipinski definition) is 6. The van der Waals surface area contributed by atoms with Gasteiger partial charge in [0.1, 0.15) is 0 Å². The van der Waals surface area contributed by atoms with Crippen molar-refractivity contribution in [2.75, 3.05) is 31.2 Å². The first-order valence-corrected chi connectivity index (χ1v) is 9.51. The molecule has 23 heavy (non-hydrogen) atoms. The van der Waals surface area contributed by atoms with Crippen molar-refractivity contribution in [1.29, 1.82) is 0 Å². The molecule has 128 valence electrons. The second-order valence-electron chi connectivity index (χ2n) is 5.86. The Kier molecular flexibility index (Phi) is 6.03. The average molecular weight is 341 g/mol. The van der Waals surface area contributed by atoms with E-state index in [2.05, 4.69) is 24.9 Å². The number of nitrogens with zero attached hydrogens (tertiary/aromatic N) is 3. The van der Waals surface area contributed by atoms with Crippen LogP contribution in [0.25, 0.3) is 0 Å². The van der Waals surface area contributed by atoms with Gasteiger partial charge in [0.25, 0.3) is 0 Å². The lowest BCUT2D eigenvalue weighted by Gasteiger charge is -2.35. The Hall–Kier alpha value is -1.58. The second kappa shape index (κ2) is 7.80. The van der Waals surface area contributed by atoms with Gasteiger partial charge in [-0.05, 0) is 38.3 Å². The van der Waals surface area contributed by atoms with Crippen LogP contribution in [0.4, 0.5) is 5.95 Å². The van der Waals surface area contributed by atoms with E-state index in [1.165, 1.54) is 0 Å². The van der Waals surface area contributed by atoms with Crippen molar-refractivity contribution in [2.24, 2.45) is 5.92 Å². The van der Waals surface area contributed by atoms with Crippen molar-refractivity contribution in [3.05, 3.63) is 18.5 Å². The highest BCUT2D eigenvalue weighted by Gasteiger charge is 2.28. The van der Waals surface area contributed by atoms with Crippen molar-refractivity contribution >= 4 is 21.9 Å². The number of rotatable bonds is 6. The van der Waals surface area contributed by atoms with E-state index in [0.717, 1.165) is 25.6 Å². The summed E-state index contributed by atoms with van der Waals surface area (Å²) in [6, 6.07) is 1.36. The quantitative estimate of drug-likeness (QED) is 0.758. The van der Waals surface area contributed by atoms with Gasteiger partial charge in [-0.15, -0.1) is 0 Å². The molecule has 9 heteroatoms. The largest absolute Gasteiger partial charge is 0.293 e. The minimum absolute atomic E-state index is 0.159. The first-order chi connectivity index (χ1) is 10.8. The van der Waals surface area contributed by atoms with Crippen LogP contribution in [0.1, 0.15) is 19.8 Å². The highest BCUT2D eigenvalue weighted by molar-refractivity contribution is 7.88. The molecule has 1 aliphatic heterocycles. The summed E-state index contributed by atoms with van der Waals surface area (Å²) in [5.74, 6) is 0.339. The van der Waals surface area contributed by atoms with E-state index in [0.29, 0.717) is 13.1 Å². The molecule has 8 nitrogen and oxygen atoms in total. The van der Waals surface area contributed by atoms with Crippen LogP contribution in [0.3, 0.4) is 0 Å². The summed E-state index contributed by atoms with van der Waals surface area (Å²) in [5, 5.41) is 2.70. The van der Waals surface area contributed by atoms with Gasteiger partial charge in [-0.3, -0.25) is 15.0 Å². The Morgan fingerprint density at radius 1 is 1.43 bits per heavy atom. The van der Waals surface area contributed by atoms with Gasteiger partial charge in [-0.1, -0.05) is 0 Å². The maximum Gasteiger partial charge on any atom is 0.243 e. The summed E-state index contributed by atoms with van der Waals surface area (Å²) in [6.45, 7) is 3.75.